The monoisotopic (exact) mass is 199 g/mol. The minimum Gasteiger partial charge on any atom is -0.358 e. The Morgan fingerprint density at radius 2 is 2.20 bits per heavy atom. The number of nitrogens with one attached hydrogen (secondary N) is 1. The third-order valence-corrected chi connectivity index (χ3v) is 2.64. The quantitative estimate of drug-likeness (QED) is 0.740. The summed E-state index contributed by atoms with van der Waals surface area (Å²) in [5, 5.41) is 10.0. The number of aromatic amines is 1. The Hall–Kier alpha value is -1.79. The summed E-state index contributed by atoms with van der Waals surface area (Å²) in [4.78, 5) is 3.25. The van der Waals surface area contributed by atoms with Gasteiger partial charge in [-0.3, -0.25) is 0 Å². The summed E-state index contributed by atoms with van der Waals surface area (Å²) in [7, 11) is 0. The minimum absolute atomic E-state index is 0.0618. The predicted octanol–water partition coefficient (Wildman–Crippen LogP) is 2.37. The average Bonchev–Trinajstić information content (AvgIpc) is 2.53. The molecule has 1 atom stereocenters. The molecule has 1 aromatic carbocycles. The Bertz CT molecular complexity index is 544. The van der Waals surface area contributed by atoms with Crippen molar-refractivity contribution in [3.8, 4) is 6.07 Å². The Labute approximate surface area is 88.5 Å². The summed E-state index contributed by atoms with van der Waals surface area (Å²) in [5.74, 6) is 0. The van der Waals surface area contributed by atoms with E-state index in [9.17, 15) is 0 Å². The maximum absolute atomic E-state index is 9.05. The molecule has 0 radical (unpaired) electrons. The third-order valence-electron chi connectivity index (χ3n) is 2.64. The lowest BCUT2D eigenvalue weighted by molar-refractivity contribution is 0.816. The summed E-state index contributed by atoms with van der Waals surface area (Å²) in [6.07, 6.45) is 0. The first-order chi connectivity index (χ1) is 7.15. The second-order valence-corrected chi connectivity index (χ2v) is 3.79. The number of aromatic nitrogens is 1. The molecular formula is C12H13N3. The molecule has 2 aromatic rings. The van der Waals surface area contributed by atoms with E-state index >= 15 is 0 Å². The molecule has 1 aromatic heterocycles. The zero-order chi connectivity index (χ0) is 11.0. The number of fused-ring (bicyclic) bond motifs is 1. The second kappa shape index (κ2) is 3.41. The Balaban J connectivity index is 2.90. The van der Waals surface area contributed by atoms with Crippen LogP contribution in [0.25, 0.3) is 10.9 Å². The van der Waals surface area contributed by atoms with Gasteiger partial charge in [-0.25, -0.2) is 0 Å². The standard InChI is InChI=1S/C12H13N3/c1-7(14)11-8(2)15-10-5-3-4-9(6-13)12(10)11/h3-5,7,15H,14H2,1-2H3. The van der Waals surface area contributed by atoms with Crippen LogP contribution >= 0.6 is 0 Å². The molecule has 1 heterocycles. The molecule has 0 amide bonds. The smallest absolute Gasteiger partial charge is 0.0998 e. The van der Waals surface area contributed by atoms with Gasteiger partial charge in [0.2, 0.25) is 0 Å². The fraction of sp³-hybridized carbons (Fsp3) is 0.250. The van der Waals surface area contributed by atoms with E-state index in [2.05, 4.69) is 11.1 Å². The van der Waals surface area contributed by atoms with Gasteiger partial charge in [-0.05, 0) is 31.5 Å². The highest BCUT2D eigenvalue weighted by Crippen LogP contribution is 2.28. The molecule has 0 fully saturated rings. The van der Waals surface area contributed by atoms with E-state index in [0.29, 0.717) is 5.56 Å². The fourth-order valence-corrected chi connectivity index (χ4v) is 2.07. The first-order valence-electron chi connectivity index (χ1n) is 4.92. The van der Waals surface area contributed by atoms with Crippen LogP contribution in [0.5, 0.6) is 0 Å². The molecule has 0 aliphatic rings. The van der Waals surface area contributed by atoms with E-state index in [1.165, 1.54) is 0 Å². The van der Waals surface area contributed by atoms with Crippen LogP contribution < -0.4 is 5.73 Å². The molecule has 0 aliphatic heterocycles. The molecule has 0 bridgehead atoms. The molecule has 76 valence electrons. The highest BCUT2D eigenvalue weighted by molar-refractivity contribution is 5.90. The lowest BCUT2D eigenvalue weighted by Crippen LogP contribution is -2.06. The van der Waals surface area contributed by atoms with Gasteiger partial charge in [-0.2, -0.15) is 5.26 Å². The van der Waals surface area contributed by atoms with Crippen LogP contribution in [-0.4, -0.2) is 4.98 Å². The molecule has 3 nitrogen and oxygen atoms in total. The minimum atomic E-state index is -0.0618. The van der Waals surface area contributed by atoms with Gasteiger partial charge in [0, 0.05) is 22.6 Å². The van der Waals surface area contributed by atoms with E-state index in [1.807, 2.05) is 32.0 Å². The van der Waals surface area contributed by atoms with Crippen molar-refractivity contribution in [2.24, 2.45) is 5.73 Å². The number of nitriles is 1. The summed E-state index contributed by atoms with van der Waals surface area (Å²) in [5.41, 5.74) is 9.68. The molecule has 0 saturated heterocycles. The Kier molecular flexibility index (Phi) is 2.22. The second-order valence-electron chi connectivity index (χ2n) is 3.79. The maximum Gasteiger partial charge on any atom is 0.0998 e. The van der Waals surface area contributed by atoms with E-state index in [4.69, 9.17) is 11.0 Å². The first-order valence-corrected chi connectivity index (χ1v) is 4.92. The summed E-state index contributed by atoms with van der Waals surface area (Å²) >= 11 is 0. The van der Waals surface area contributed by atoms with Gasteiger partial charge in [-0.15, -0.1) is 0 Å². The van der Waals surface area contributed by atoms with Crippen molar-refractivity contribution in [3.05, 3.63) is 35.0 Å². The summed E-state index contributed by atoms with van der Waals surface area (Å²) in [6, 6.07) is 7.81. The SMILES string of the molecule is Cc1[nH]c2cccc(C#N)c2c1C(C)N. The van der Waals surface area contributed by atoms with Crippen LogP contribution in [0.4, 0.5) is 0 Å². The van der Waals surface area contributed by atoms with Gasteiger partial charge in [0.1, 0.15) is 0 Å². The number of H-pyrrole nitrogens is 1. The molecule has 15 heavy (non-hydrogen) atoms. The van der Waals surface area contributed by atoms with Crippen LogP contribution in [-0.2, 0) is 0 Å². The number of benzene rings is 1. The van der Waals surface area contributed by atoms with Gasteiger partial charge in [-0.1, -0.05) is 6.07 Å². The van der Waals surface area contributed by atoms with Crippen LogP contribution in [0, 0.1) is 18.3 Å². The van der Waals surface area contributed by atoms with Crippen molar-refractivity contribution >= 4 is 10.9 Å². The molecule has 1 unspecified atom stereocenters. The van der Waals surface area contributed by atoms with Crippen molar-refractivity contribution in [1.82, 2.24) is 4.98 Å². The molecule has 2 rings (SSSR count). The molecule has 0 spiro atoms. The van der Waals surface area contributed by atoms with Crippen LogP contribution in [0.1, 0.15) is 29.8 Å². The molecule has 3 N–H and O–H groups in total. The van der Waals surface area contributed by atoms with Gasteiger partial charge in [0.25, 0.3) is 0 Å². The highest BCUT2D eigenvalue weighted by atomic mass is 14.7. The Morgan fingerprint density at radius 3 is 2.80 bits per heavy atom. The van der Waals surface area contributed by atoms with E-state index in [1.54, 1.807) is 0 Å². The van der Waals surface area contributed by atoms with Crippen LogP contribution in [0.3, 0.4) is 0 Å². The predicted molar refractivity (Wildman–Crippen MR) is 60.4 cm³/mol. The maximum atomic E-state index is 9.05. The lowest BCUT2D eigenvalue weighted by atomic mass is 10.0. The number of nitrogens with two attached hydrogens (primary N) is 1. The van der Waals surface area contributed by atoms with Crippen LogP contribution in [0.15, 0.2) is 18.2 Å². The molecule has 0 aliphatic carbocycles. The van der Waals surface area contributed by atoms with E-state index in [-0.39, 0.29) is 6.04 Å². The number of aryl methyl sites for hydroxylation is 1. The Morgan fingerprint density at radius 1 is 1.47 bits per heavy atom. The average molecular weight is 199 g/mol. The largest absolute Gasteiger partial charge is 0.358 e. The number of rotatable bonds is 1. The number of nitrogens with zero attached hydrogens (tertiary/aromatic N) is 1. The van der Waals surface area contributed by atoms with Crippen LogP contribution in [0.2, 0.25) is 0 Å². The first kappa shape index (κ1) is 9.75. The van der Waals surface area contributed by atoms with Gasteiger partial charge >= 0.3 is 0 Å². The van der Waals surface area contributed by atoms with Crippen molar-refractivity contribution < 1.29 is 0 Å². The lowest BCUT2D eigenvalue weighted by Gasteiger charge is -2.05. The fourth-order valence-electron chi connectivity index (χ4n) is 2.07. The van der Waals surface area contributed by atoms with Gasteiger partial charge in [0.05, 0.1) is 11.6 Å². The van der Waals surface area contributed by atoms with E-state index in [0.717, 1.165) is 22.2 Å². The van der Waals surface area contributed by atoms with Gasteiger partial charge in [0.15, 0.2) is 0 Å². The molecular weight excluding hydrogens is 186 g/mol. The van der Waals surface area contributed by atoms with Crippen molar-refractivity contribution in [2.45, 2.75) is 19.9 Å². The number of hydrogen-bond donors (Lipinski definition) is 2. The zero-order valence-electron chi connectivity index (χ0n) is 8.83. The topological polar surface area (TPSA) is 65.6 Å². The zero-order valence-corrected chi connectivity index (χ0v) is 8.83. The summed E-state index contributed by atoms with van der Waals surface area (Å²) in [6.45, 7) is 3.92. The van der Waals surface area contributed by atoms with Crippen molar-refractivity contribution in [2.75, 3.05) is 0 Å². The van der Waals surface area contributed by atoms with Gasteiger partial charge < -0.3 is 10.7 Å². The van der Waals surface area contributed by atoms with Crippen molar-refractivity contribution in [3.63, 3.8) is 0 Å². The molecule has 3 heteroatoms. The number of hydrogen-bond acceptors (Lipinski definition) is 2. The van der Waals surface area contributed by atoms with Crippen molar-refractivity contribution in [1.29, 1.82) is 5.26 Å². The molecule has 0 saturated carbocycles. The third kappa shape index (κ3) is 1.39. The highest BCUT2D eigenvalue weighted by Gasteiger charge is 2.14. The summed E-state index contributed by atoms with van der Waals surface area (Å²) < 4.78 is 0. The normalized spacial score (nSPS) is 12.7. The van der Waals surface area contributed by atoms with E-state index < -0.39 is 0 Å².